The maximum Gasteiger partial charge on any atom is 0.471 e. The summed E-state index contributed by atoms with van der Waals surface area (Å²) < 4.78 is 56.3. The SMILES string of the molecule is Cc1c(COc2cc(OCc3cncc(C#N)c3)c(C/N=C(\CO)C(=O)O)cc2Cl)cccc1-c1cccc(OCCCN2CCC(NC(=O)C(F)(F)F)C2)c1C. The van der Waals surface area contributed by atoms with Gasteiger partial charge in [-0.1, -0.05) is 41.9 Å². The number of ether oxygens (including phenoxy) is 3. The second-order valence-electron chi connectivity index (χ2n) is 13.4. The first-order chi connectivity index (χ1) is 27.3. The molecule has 0 radical (unpaired) electrons. The van der Waals surface area contributed by atoms with Gasteiger partial charge >= 0.3 is 18.1 Å². The molecular weight excluding hydrogens is 767 g/mol. The smallest absolute Gasteiger partial charge is 0.471 e. The standard InChI is InChI=1S/C41H41ClF3N5O7/c1-25-29(24-57-38-16-37(56-23-28-14-27(17-46)18-47-19-28)30(15-34(38)42)20-48-35(22-51)39(52)53)6-3-7-32(25)33-8-4-9-36(26(33)2)55-13-5-11-50-12-10-31(21-50)49-40(54)41(43,44)45/h3-4,6-9,14-16,18-19,31,51H,5,10-13,20-24H2,1-2H3,(H,49,54)(H,52,53)/b48-35+. The fourth-order valence-electron chi connectivity index (χ4n) is 6.34. The molecule has 5 rings (SSSR count). The molecular formula is C41H41ClF3N5O7. The highest BCUT2D eigenvalue weighted by atomic mass is 35.5. The van der Waals surface area contributed by atoms with Gasteiger partial charge in [-0.05, 0) is 72.7 Å². The zero-order valence-corrected chi connectivity index (χ0v) is 32.0. The molecule has 57 heavy (non-hydrogen) atoms. The molecule has 4 aromatic rings. The highest BCUT2D eigenvalue weighted by Crippen LogP contribution is 2.36. The molecule has 1 fully saturated rings. The maximum absolute atomic E-state index is 12.6. The number of pyridine rings is 1. The van der Waals surface area contributed by atoms with Crippen LogP contribution in [0.1, 0.15) is 46.2 Å². The predicted octanol–water partition coefficient (Wildman–Crippen LogP) is 6.59. The zero-order valence-electron chi connectivity index (χ0n) is 31.2. The fraction of sp³-hybridized carbons (Fsp3) is 0.341. The Bertz CT molecular complexity index is 2160. The summed E-state index contributed by atoms with van der Waals surface area (Å²) in [6.45, 7) is 5.20. The van der Waals surface area contributed by atoms with Crippen molar-refractivity contribution in [2.75, 3.05) is 32.8 Å². The molecule has 2 heterocycles. The fourth-order valence-corrected chi connectivity index (χ4v) is 6.58. The summed E-state index contributed by atoms with van der Waals surface area (Å²) in [5.41, 5.74) is 5.71. The van der Waals surface area contributed by atoms with E-state index in [9.17, 15) is 38.2 Å². The van der Waals surface area contributed by atoms with E-state index in [2.05, 4.69) is 15.3 Å². The summed E-state index contributed by atoms with van der Waals surface area (Å²) in [5.74, 6) is -1.95. The number of carboxylic acids is 1. The Morgan fingerprint density at radius 2 is 1.74 bits per heavy atom. The molecule has 300 valence electrons. The number of aliphatic hydroxyl groups excluding tert-OH is 1. The van der Waals surface area contributed by atoms with Gasteiger partial charge in [-0.3, -0.25) is 14.8 Å². The van der Waals surface area contributed by atoms with Crippen molar-refractivity contribution in [2.45, 2.75) is 58.7 Å². The van der Waals surface area contributed by atoms with Crippen LogP contribution in [0.2, 0.25) is 5.02 Å². The minimum absolute atomic E-state index is 0.0312. The van der Waals surface area contributed by atoms with Gasteiger partial charge in [0.15, 0.2) is 0 Å². The van der Waals surface area contributed by atoms with Gasteiger partial charge in [0.05, 0.1) is 30.3 Å². The lowest BCUT2D eigenvalue weighted by Crippen LogP contribution is -2.44. The van der Waals surface area contributed by atoms with Crippen molar-refractivity contribution in [3.05, 3.63) is 105 Å². The van der Waals surface area contributed by atoms with Crippen LogP contribution < -0.4 is 19.5 Å². The molecule has 1 aliphatic heterocycles. The van der Waals surface area contributed by atoms with Crippen LogP contribution in [0, 0.1) is 25.2 Å². The van der Waals surface area contributed by atoms with Crippen molar-refractivity contribution in [3.63, 3.8) is 0 Å². The average Bonchev–Trinajstić information content (AvgIpc) is 3.63. The molecule has 16 heteroatoms. The molecule has 1 amide bonds. The molecule has 3 N–H and O–H groups in total. The third-order valence-corrected chi connectivity index (χ3v) is 9.71. The van der Waals surface area contributed by atoms with Gasteiger partial charge in [-0.15, -0.1) is 0 Å². The van der Waals surface area contributed by atoms with Gasteiger partial charge < -0.3 is 34.6 Å². The number of likely N-dealkylation sites (tertiary alicyclic amines) is 1. The molecule has 1 atom stereocenters. The molecule has 0 aliphatic carbocycles. The Balaban J connectivity index is 1.25. The van der Waals surface area contributed by atoms with Crippen LogP contribution in [0.15, 0.2) is 72.0 Å². The summed E-state index contributed by atoms with van der Waals surface area (Å²) in [4.78, 5) is 32.8. The van der Waals surface area contributed by atoms with E-state index in [1.807, 2.05) is 61.2 Å². The monoisotopic (exact) mass is 807 g/mol. The van der Waals surface area contributed by atoms with Crippen LogP contribution in [0.4, 0.5) is 13.2 Å². The molecule has 12 nitrogen and oxygen atoms in total. The summed E-state index contributed by atoms with van der Waals surface area (Å²) in [6, 6.07) is 18.0. The molecule has 0 spiro atoms. The Hall–Kier alpha value is -5.69. The quantitative estimate of drug-likeness (QED) is 0.0783. The van der Waals surface area contributed by atoms with E-state index in [4.69, 9.17) is 25.8 Å². The number of aliphatic carboxylic acids is 1. The number of carboxylic acid groups (broad SMARTS) is 1. The van der Waals surface area contributed by atoms with Crippen LogP contribution >= 0.6 is 11.6 Å². The number of hydrogen-bond donors (Lipinski definition) is 3. The number of nitrogens with one attached hydrogen (secondary N) is 1. The molecule has 0 bridgehead atoms. The number of carbonyl (C=O) groups excluding carboxylic acids is 1. The number of aliphatic hydroxyl groups is 1. The lowest BCUT2D eigenvalue weighted by molar-refractivity contribution is -0.174. The number of halogens is 4. The van der Waals surface area contributed by atoms with Crippen molar-refractivity contribution in [1.29, 1.82) is 5.26 Å². The van der Waals surface area contributed by atoms with E-state index in [0.717, 1.165) is 27.8 Å². The summed E-state index contributed by atoms with van der Waals surface area (Å²) in [7, 11) is 0. The number of hydrogen-bond acceptors (Lipinski definition) is 10. The second-order valence-corrected chi connectivity index (χ2v) is 13.8. The largest absolute Gasteiger partial charge is 0.493 e. The first-order valence-corrected chi connectivity index (χ1v) is 18.4. The maximum atomic E-state index is 12.6. The molecule has 1 aromatic heterocycles. The van der Waals surface area contributed by atoms with Gasteiger partial charge in [0.25, 0.3) is 0 Å². The van der Waals surface area contributed by atoms with Crippen LogP contribution in [0.25, 0.3) is 11.1 Å². The van der Waals surface area contributed by atoms with Crippen LogP contribution in [0.5, 0.6) is 17.2 Å². The zero-order chi connectivity index (χ0) is 41.1. The van der Waals surface area contributed by atoms with E-state index in [0.29, 0.717) is 73.0 Å². The minimum Gasteiger partial charge on any atom is -0.493 e. The number of carbonyl (C=O) groups is 2. The molecule has 1 saturated heterocycles. The van der Waals surface area contributed by atoms with Gasteiger partial charge in [0, 0.05) is 55.3 Å². The number of amides is 1. The number of nitriles is 1. The third-order valence-electron chi connectivity index (χ3n) is 9.41. The Kier molecular flexibility index (Phi) is 14.5. The van der Waals surface area contributed by atoms with Crippen LogP contribution in [-0.2, 0) is 29.3 Å². The van der Waals surface area contributed by atoms with Crippen LogP contribution in [-0.4, -0.2) is 82.8 Å². The predicted molar refractivity (Wildman–Crippen MR) is 205 cm³/mol. The first kappa shape index (κ1) is 42.5. The number of nitrogens with zero attached hydrogens (tertiary/aromatic N) is 4. The normalized spacial score (nSPS) is 14.6. The summed E-state index contributed by atoms with van der Waals surface area (Å²) in [6.07, 6.45) is -0.799. The average molecular weight is 808 g/mol. The molecule has 0 saturated carbocycles. The number of aliphatic imine (C=N–C) groups is 1. The number of aromatic nitrogens is 1. The summed E-state index contributed by atoms with van der Waals surface area (Å²) in [5, 5.41) is 30.3. The van der Waals surface area contributed by atoms with Gasteiger partial charge in [-0.25, -0.2) is 4.79 Å². The van der Waals surface area contributed by atoms with E-state index in [1.54, 1.807) is 24.4 Å². The lowest BCUT2D eigenvalue weighted by Gasteiger charge is -2.19. The second kappa shape index (κ2) is 19.4. The van der Waals surface area contributed by atoms with Crippen molar-refractivity contribution in [1.82, 2.24) is 15.2 Å². The third kappa shape index (κ3) is 11.4. The van der Waals surface area contributed by atoms with Crippen molar-refractivity contribution in [3.8, 4) is 34.4 Å². The molecule has 1 unspecified atom stereocenters. The number of rotatable bonds is 17. The first-order valence-electron chi connectivity index (χ1n) is 18.0. The van der Waals surface area contributed by atoms with Gasteiger partial charge in [0.2, 0.25) is 0 Å². The Morgan fingerprint density at radius 1 is 1.00 bits per heavy atom. The van der Waals surface area contributed by atoms with E-state index < -0.39 is 36.4 Å². The van der Waals surface area contributed by atoms with Gasteiger partial charge in [0.1, 0.15) is 42.2 Å². The molecule has 3 aromatic carbocycles. The number of benzene rings is 3. The van der Waals surface area contributed by atoms with Gasteiger partial charge in [-0.2, -0.15) is 18.4 Å². The highest BCUT2D eigenvalue weighted by molar-refractivity contribution is 6.36. The molecule has 1 aliphatic rings. The van der Waals surface area contributed by atoms with Crippen molar-refractivity contribution >= 4 is 29.2 Å². The van der Waals surface area contributed by atoms with E-state index in [1.165, 1.54) is 6.20 Å². The van der Waals surface area contributed by atoms with E-state index >= 15 is 0 Å². The minimum atomic E-state index is -4.89. The highest BCUT2D eigenvalue weighted by Gasteiger charge is 2.40. The Labute approximate surface area is 332 Å². The number of alkyl halides is 3. The van der Waals surface area contributed by atoms with Crippen LogP contribution in [0.3, 0.4) is 0 Å². The van der Waals surface area contributed by atoms with E-state index in [-0.39, 0.29) is 24.8 Å². The summed E-state index contributed by atoms with van der Waals surface area (Å²) >= 11 is 6.66. The van der Waals surface area contributed by atoms with Crippen molar-refractivity contribution < 1.29 is 47.2 Å². The Morgan fingerprint density at radius 3 is 2.46 bits per heavy atom. The lowest BCUT2D eigenvalue weighted by atomic mass is 9.93. The topological polar surface area (TPSA) is 167 Å². The van der Waals surface area contributed by atoms with Crippen molar-refractivity contribution in [2.24, 2.45) is 4.99 Å².